The number of hydrogen-bond acceptors (Lipinski definition) is 1. The molecule has 0 aliphatic carbocycles. The van der Waals surface area contributed by atoms with Crippen LogP contribution < -0.4 is 0 Å². The molecule has 0 radical (unpaired) electrons. The molecule has 0 aliphatic heterocycles. The van der Waals surface area contributed by atoms with E-state index in [2.05, 4.69) is 46.7 Å². The van der Waals surface area contributed by atoms with E-state index in [1.807, 2.05) is 0 Å². The molecule has 0 heterocycles. The fourth-order valence-corrected chi connectivity index (χ4v) is 2.03. The van der Waals surface area contributed by atoms with Gasteiger partial charge in [0, 0.05) is 6.54 Å². The summed E-state index contributed by atoms with van der Waals surface area (Å²) < 4.78 is 0. The van der Waals surface area contributed by atoms with Crippen molar-refractivity contribution in [2.24, 2.45) is 11.3 Å². The quantitative estimate of drug-likeness (QED) is 0.606. The van der Waals surface area contributed by atoms with Gasteiger partial charge in [-0.2, -0.15) is 0 Å². The molecule has 0 N–H and O–H groups in total. The SMILES string of the molecule is CC(C)CC(C)(C)CN(C)C. The van der Waals surface area contributed by atoms with Gasteiger partial charge in [0.15, 0.2) is 0 Å². The first kappa shape index (κ1) is 11.0. The van der Waals surface area contributed by atoms with Crippen molar-refractivity contribution in [2.75, 3.05) is 20.6 Å². The van der Waals surface area contributed by atoms with Crippen LogP contribution in [0.4, 0.5) is 0 Å². The molecule has 0 saturated heterocycles. The van der Waals surface area contributed by atoms with E-state index in [9.17, 15) is 0 Å². The highest BCUT2D eigenvalue weighted by atomic mass is 15.1. The molecule has 0 aromatic carbocycles. The second-order valence-corrected chi connectivity index (χ2v) is 5.00. The van der Waals surface area contributed by atoms with Crippen molar-refractivity contribution in [3.8, 4) is 0 Å². The lowest BCUT2D eigenvalue weighted by molar-refractivity contribution is 0.203. The average molecular weight is 157 g/mol. The van der Waals surface area contributed by atoms with Crippen molar-refractivity contribution in [1.29, 1.82) is 0 Å². The lowest BCUT2D eigenvalue weighted by atomic mass is 9.84. The van der Waals surface area contributed by atoms with Gasteiger partial charge < -0.3 is 4.90 Å². The Labute approximate surface area is 71.8 Å². The van der Waals surface area contributed by atoms with E-state index in [0.29, 0.717) is 5.41 Å². The Kier molecular flexibility index (Phi) is 4.09. The third-order valence-electron chi connectivity index (χ3n) is 1.71. The van der Waals surface area contributed by atoms with Crippen LogP contribution in [-0.2, 0) is 0 Å². The summed E-state index contributed by atoms with van der Waals surface area (Å²) in [6, 6.07) is 0. The Morgan fingerprint density at radius 2 is 1.64 bits per heavy atom. The van der Waals surface area contributed by atoms with Gasteiger partial charge in [0.25, 0.3) is 0 Å². The van der Waals surface area contributed by atoms with Gasteiger partial charge in [0.2, 0.25) is 0 Å². The molecule has 0 spiro atoms. The van der Waals surface area contributed by atoms with E-state index in [1.165, 1.54) is 13.0 Å². The molecule has 0 unspecified atom stereocenters. The summed E-state index contributed by atoms with van der Waals surface area (Å²) in [6.07, 6.45) is 1.31. The third-order valence-corrected chi connectivity index (χ3v) is 1.71. The molecule has 0 saturated carbocycles. The molecule has 68 valence electrons. The van der Waals surface area contributed by atoms with Crippen molar-refractivity contribution in [3.63, 3.8) is 0 Å². The first-order valence-corrected chi connectivity index (χ1v) is 4.48. The average Bonchev–Trinajstić information content (AvgIpc) is 1.53. The van der Waals surface area contributed by atoms with Crippen molar-refractivity contribution in [2.45, 2.75) is 34.1 Å². The molecule has 0 aromatic rings. The summed E-state index contributed by atoms with van der Waals surface area (Å²) in [4.78, 5) is 2.27. The van der Waals surface area contributed by atoms with Crippen LogP contribution >= 0.6 is 0 Å². The number of hydrogen-bond donors (Lipinski definition) is 0. The molecule has 0 amide bonds. The second kappa shape index (κ2) is 4.10. The second-order valence-electron chi connectivity index (χ2n) is 5.00. The van der Waals surface area contributed by atoms with Crippen LogP contribution in [0, 0.1) is 11.3 Å². The molecular formula is C10H23N. The zero-order valence-electron chi connectivity index (χ0n) is 8.94. The van der Waals surface area contributed by atoms with Gasteiger partial charge in [-0.1, -0.05) is 27.7 Å². The predicted molar refractivity (Wildman–Crippen MR) is 51.8 cm³/mol. The first-order valence-electron chi connectivity index (χ1n) is 4.48. The monoisotopic (exact) mass is 157 g/mol. The van der Waals surface area contributed by atoms with Gasteiger partial charge in [-0.3, -0.25) is 0 Å². The van der Waals surface area contributed by atoms with E-state index >= 15 is 0 Å². The normalized spacial score (nSPS) is 13.1. The molecule has 11 heavy (non-hydrogen) atoms. The van der Waals surface area contributed by atoms with Crippen molar-refractivity contribution in [3.05, 3.63) is 0 Å². The van der Waals surface area contributed by atoms with Crippen LogP contribution in [0.3, 0.4) is 0 Å². The van der Waals surface area contributed by atoms with Gasteiger partial charge in [-0.15, -0.1) is 0 Å². The van der Waals surface area contributed by atoms with Gasteiger partial charge in [-0.25, -0.2) is 0 Å². The van der Waals surface area contributed by atoms with Crippen molar-refractivity contribution in [1.82, 2.24) is 4.90 Å². The summed E-state index contributed by atoms with van der Waals surface area (Å²) in [5.41, 5.74) is 0.470. The maximum atomic E-state index is 2.34. The minimum Gasteiger partial charge on any atom is -0.309 e. The fraction of sp³-hybridized carbons (Fsp3) is 1.00. The highest BCUT2D eigenvalue weighted by Crippen LogP contribution is 2.25. The largest absolute Gasteiger partial charge is 0.309 e. The Bertz CT molecular complexity index is 91.4. The van der Waals surface area contributed by atoms with Crippen LogP contribution in [0.1, 0.15) is 34.1 Å². The fourth-order valence-electron chi connectivity index (χ4n) is 2.03. The van der Waals surface area contributed by atoms with Gasteiger partial charge >= 0.3 is 0 Å². The highest BCUT2D eigenvalue weighted by molar-refractivity contribution is 4.72. The van der Waals surface area contributed by atoms with E-state index in [0.717, 1.165) is 5.92 Å². The Hall–Kier alpha value is -0.0400. The zero-order valence-corrected chi connectivity index (χ0v) is 8.94. The molecule has 0 fully saturated rings. The maximum Gasteiger partial charge on any atom is 0.00267 e. The topological polar surface area (TPSA) is 3.24 Å². The maximum absolute atomic E-state index is 2.34. The molecular weight excluding hydrogens is 134 g/mol. The van der Waals surface area contributed by atoms with Crippen LogP contribution in [0.5, 0.6) is 0 Å². The van der Waals surface area contributed by atoms with E-state index in [-0.39, 0.29) is 0 Å². The van der Waals surface area contributed by atoms with Gasteiger partial charge in [-0.05, 0) is 31.8 Å². The molecule has 0 atom stereocenters. The van der Waals surface area contributed by atoms with Gasteiger partial charge in [0.05, 0.1) is 0 Å². The lowest BCUT2D eigenvalue weighted by Gasteiger charge is -2.29. The van der Waals surface area contributed by atoms with Crippen LogP contribution in [0.25, 0.3) is 0 Å². The molecule has 0 aliphatic rings. The molecule has 1 heteroatoms. The summed E-state index contributed by atoms with van der Waals surface area (Å²) in [5.74, 6) is 0.810. The zero-order chi connectivity index (χ0) is 9.07. The summed E-state index contributed by atoms with van der Waals surface area (Å²) in [6.45, 7) is 10.4. The van der Waals surface area contributed by atoms with E-state index < -0.39 is 0 Å². The Balaban J connectivity index is 3.79. The molecule has 0 aromatic heterocycles. The predicted octanol–water partition coefficient (Wildman–Crippen LogP) is 2.62. The van der Waals surface area contributed by atoms with E-state index in [1.54, 1.807) is 0 Å². The smallest absolute Gasteiger partial charge is 0.00267 e. The highest BCUT2D eigenvalue weighted by Gasteiger charge is 2.19. The van der Waals surface area contributed by atoms with Crippen LogP contribution in [-0.4, -0.2) is 25.5 Å². The number of rotatable bonds is 4. The number of nitrogens with zero attached hydrogens (tertiary/aromatic N) is 1. The summed E-state index contributed by atoms with van der Waals surface area (Å²) in [7, 11) is 4.28. The molecule has 0 bridgehead atoms. The van der Waals surface area contributed by atoms with Crippen molar-refractivity contribution >= 4 is 0 Å². The lowest BCUT2D eigenvalue weighted by Crippen LogP contribution is -2.29. The minimum atomic E-state index is 0.470. The van der Waals surface area contributed by atoms with Crippen molar-refractivity contribution < 1.29 is 0 Å². The summed E-state index contributed by atoms with van der Waals surface area (Å²) >= 11 is 0. The third kappa shape index (κ3) is 6.36. The molecule has 1 nitrogen and oxygen atoms in total. The standard InChI is InChI=1S/C10H23N/c1-9(2)7-10(3,4)8-11(5)6/h9H,7-8H2,1-6H3. The van der Waals surface area contributed by atoms with Crippen LogP contribution in [0.15, 0.2) is 0 Å². The Morgan fingerprint density at radius 1 is 1.18 bits per heavy atom. The minimum absolute atomic E-state index is 0.470. The first-order chi connectivity index (χ1) is 4.83. The van der Waals surface area contributed by atoms with Crippen LogP contribution in [0.2, 0.25) is 0 Å². The van der Waals surface area contributed by atoms with E-state index in [4.69, 9.17) is 0 Å². The molecule has 0 rings (SSSR count). The summed E-state index contributed by atoms with van der Waals surface area (Å²) in [5, 5.41) is 0. The van der Waals surface area contributed by atoms with Gasteiger partial charge in [0.1, 0.15) is 0 Å². The Morgan fingerprint density at radius 3 is 1.91 bits per heavy atom.